The van der Waals surface area contributed by atoms with Crippen LogP contribution in [0.3, 0.4) is 0 Å². The summed E-state index contributed by atoms with van der Waals surface area (Å²) in [6.07, 6.45) is 6.15. The molecular formula is C12H21NO3. The number of rotatable bonds is 4. The van der Waals surface area contributed by atoms with E-state index < -0.39 is 5.97 Å². The Bertz CT molecular complexity index is 232. The van der Waals surface area contributed by atoms with Gasteiger partial charge in [-0.3, -0.25) is 9.69 Å². The van der Waals surface area contributed by atoms with E-state index >= 15 is 0 Å². The van der Waals surface area contributed by atoms with Crippen molar-refractivity contribution < 1.29 is 14.6 Å². The molecule has 0 saturated carbocycles. The fourth-order valence-electron chi connectivity index (χ4n) is 2.83. The van der Waals surface area contributed by atoms with Crippen molar-refractivity contribution in [2.75, 3.05) is 19.7 Å². The number of carboxylic acid groups (broad SMARTS) is 1. The summed E-state index contributed by atoms with van der Waals surface area (Å²) in [6.45, 7) is 2.88. The van der Waals surface area contributed by atoms with Gasteiger partial charge in [0.1, 0.15) is 0 Å². The lowest BCUT2D eigenvalue weighted by Crippen LogP contribution is -2.47. The third-order valence-corrected chi connectivity index (χ3v) is 3.64. The van der Waals surface area contributed by atoms with Gasteiger partial charge in [0, 0.05) is 12.6 Å². The van der Waals surface area contributed by atoms with Gasteiger partial charge in [-0.1, -0.05) is 6.42 Å². The van der Waals surface area contributed by atoms with Crippen molar-refractivity contribution in [2.45, 2.75) is 50.7 Å². The molecule has 2 saturated heterocycles. The first-order chi connectivity index (χ1) is 7.77. The summed E-state index contributed by atoms with van der Waals surface area (Å²) in [5.74, 6) is -0.703. The summed E-state index contributed by atoms with van der Waals surface area (Å²) in [4.78, 5) is 13.3. The SMILES string of the molecule is O=C(O)CC(C1CCCO1)N1CCCCC1. The number of piperidine rings is 1. The Morgan fingerprint density at radius 1 is 1.31 bits per heavy atom. The van der Waals surface area contributed by atoms with Crippen molar-refractivity contribution in [1.82, 2.24) is 4.90 Å². The van der Waals surface area contributed by atoms with Crippen LogP contribution in [0, 0.1) is 0 Å². The topological polar surface area (TPSA) is 49.8 Å². The van der Waals surface area contributed by atoms with E-state index in [9.17, 15) is 4.79 Å². The number of hydrogen-bond donors (Lipinski definition) is 1. The number of likely N-dealkylation sites (tertiary alicyclic amines) is 1. The molecule has 0 spiro atoms. The predicted octanol–water partition coefficient (Wildman–Crippen LogP) is 1.49. The van der Waals surface area contributed by atoms with E-state index in [-0.39, 0.29) is 18.6 Å². The van der Waals surface area contributed by atoms with Crippen LogP contribution >= 0.6 is 0 Å². The largest absolute Gasteiger partial charge is 0.481 e. The van der Waals surface area contributed by atoms with Crippen LogP contribution in [-0.2, 0) is 9.53 Å². The van der Waals surface area contributed by atoms with Crippen molar-refractivity contribution in [2.24, 2.45) is 0 Å². The highest BCUT2D eigenvalue weighted by Gasteiger charge is 2.32. The zero-order valence-electron chi connectivity index (χ0n) is 9.73. The maximum Gasteiger partial charge on any atom is 0.305 e. The molecular weight excluding hydrogens is 206 g/mol. The molecule has 0 aromatic rings. The Balaban J connectivity index is 1.96. The Labute approximate surface area is 96.6 Å². The Hall–Kier alpha value is -0.610. The molecule has 0 aromatic carbocycles. The predicted molar refractivity (Wildman–Crippen MR) is 60.4 cm³/mol. The third kappa shape index (κ3) is 2.95. The molecule has 2 fully saturated rings. The van der Waals surface area contributed by atoms with Crippen molar-refractivity contribution in [3.05, 3.63) is 0 Å². The average Bonchev–Trinajstić information content (AvgIpc) is 2.80. The molecule has 2 unspecified atom stereocenters. The number of ether oxygens (including phenoxy) is 1. The molecule has 0 aliphatic carbocycles. The monoisotopic (exact) mass is 227 g/mol. The second-order valence-corrected chi connectivity index (χ2v) is 4.81. The lowest BCUT2D eigenvalue weighted by molar-refractivity contribution is -0.140. The fraction of sp³-hybridized carbons (Fsp3) is 0.917. The molecule has 0 aromatic heterocycles. The van der Waals surface area contributed by atoms with Gasteiger partial charge in [-0.05, 0) is 38.8 Å². The normalized spacial score (nSPS) is 29.1. The Kier molecular flexibility index (Phi) is 4.18. The minimum Gasteiger partial charge on any atom is -0.481 e. The highest BCUT2D eigenvalue weighted by atomic mass is 16.5. The smallest absolute Gasteiger partial charge is 0.305 e. The van der Waals surface area contributed by atoms with E-state index in [0.29, 0.717) is 0 Å². The molecule has 16 heavy (non-hydrogen) atoms. The van der Waals surface area contributed by atoms with E-state index in [0.717, 1.165) is 32.5 Å². The van der Waals surface area contributed by atoms with Crippen LogP contribution < -0.4 is 0 Å². The first kappa shape index (κ1) is 11.9. The van der Waals surface area contributed by atoms with Gasteiger partial charge in [0.05, 0.1) is 12.5 Å². The summed E-state index contributed by atoms with van der Waals surface area (Å²) in [5, 5.41) is 8.99. The van der Waals surface area contributed by atoms with Crippen molar-refractivity contribution >= 4 is 5.97 Å². The summed E-state index contributed by atoms with van der Waals surface area (Å²) in [7, 11) is 0. The van der Waals surface area contributed by atoms with Crippen LogP contribution in [0.2, 0.25) is 0 Å². The number of aliphatic carboxylic acids is 1. The second kappa shape index (κ2) is 5.64. The molecule has 0 radical (unpaired) electrons. The van der Waals surface area contributed by atoms with Gasteiger partial charge in [-0.2, -0.15) is 0 Å². The molecule has 4 heteroatoms. The fourth-order valence-corrected chi connectivity index (χ4v) is 2.83. The highest BCUT2D eigenvalue weighted by Crippen LogP contribution is 2.24. The summed E-state index contributed by atoms with van der Waals surface area (Å²) in [6, 6.07) is 0.0975. The Morgan fingerprint density at radius 2 is 2.06 bits per heavy atom. The molecule has 2 aliphatic heterocycles. The lowest BCUT2D eigenvalue weighted by atomic mass is 9.99. The van der Waals surface area contributed by atoms with Gasteiger partial charge in [-0.25, -0.2) is 0 Å². The molecule has 2 atom stereocenters. The molecule has 4 nitrogen and oxygen atoms in total. The van der Waals surface area contributed by atoms with Gasteiger partial charge in [0.25, 0.3) is 0 Å². The molecule has 1 N–H and O–H groups in total. The lowest BCUT2D eigenvalue weighted by Gasteiger charge is -2.36. The molecule has 2 aliphatic rings. The van der Waals surface area contributed by atoms with Crippen molar-refractivity contribution in [1.29, 1.82) is 0 Å². The third-order valence-electron chi connectivity index (χ3n) is 3.64. The van der Waals surface area contributed by atoms with Gasteiger partial charge in [-0.15, -0.1) is 0 Å². The number of carbonyl (C=O) groups is 1. The molecule has 0 bridgehead atoms. The maximum absolute atomic E-state index is 10.9. The van der Waals surface area contributed by atoms with Crippen LogP contribution in [0.4, 0.5) is 0 Å². The standard InChI is InChI=1S/C12H21NO3/c14-12(15)9-10(11-5-4-8-16-11)13-6-2-1-3-7-13/h10-11H,1-9H2,(H,14,15). The first-order valence-electron chi connectivity index (χ1n) is 6.35. The van der Waals surface area contributed by atoms with E-state index in [1.165, 1.54) is 19.3 Å². The van der Waals surface area contributed by atoms with Gasteiger partial charge >= 0.3 is 5.97 Å². The van der Waals surface area contributed by atoms with E-state index in [4.69, 9.17) is 9.84 Å². The summed E-state index contributed by atoms with van der Waals surface area (Å²) < 4.78 is 5.66. The van der Waals surface area contributed by atoms with Crippen molar-refractivity contribution in [3.8, 4) is 0 Å². The van der Waals surface area contributed by atoms with E-state index in [1.807, 2.05) is 0 Å². The summed E-state index contributed by atoms with van der Waals surface area (Å²) in [5.41, 5.74) is 0. The first-order valence-corrected chi connectivity index (χ1v) is 6.35. The van der Waals surface area contributed by atoms with Crippen LogP contribution in [-0.4, -0.2) is 47.8 Å². The number of carboxylic acids is 1. The van der Waals surface area contributed by atoms with Crippen molar-refractivity contribution in [3.63, 3.8) is 0 Å². The van der Waals surface area contributed by atoms with Gasteiger partial charge in [0.15, 0.2) is 0 Å². The number of nitrogens with zero attached hydrogens (tertiary/aromatic N) is 1. The molecule has 92 valence electrons. The molecule has 0 amide bonds. The molecule has 2 heterocycles. The second-order valence-electron chi connectivity index (χ2n) is 4.81. The quantitative estimate of drug-likeness (QED) is 0.790. The highest BCUT2D eigenvalue weighted by molar-refractivity contribution is 5.67. The van der Waals surface area contributed by atoms with Crippen LogP contribution in [0.1, 0.15) is 38.5 Å². The minimum atomic E-state index is -0.703. The van der Waals surface area contributed by atoms with Crippen LogP contribution in [0.5, 0.6) is 0 Å². The average molecular weight is 227 g/mol. The van der Waals surface area contributed by atoms with E-state index in [2.05, 4.69) is 4.90 Å². The Morgan fingerprint density at radius 3 is 2.62 bits per heavy atom. The maximum atomic E-state index is 10.9. The van der Waals surface area contributed by atoms with E-state index in [1.54, 1.807) is 0 Å². The zero-order chi connectivity index (χ0) is 11.4. The molecule has 2 rings (SSSR count). The van der Waals surface area contributed by atoms with Gasteiger partial charge < -0.3 is 9.84 Å². The van der Waals surface area contributed by atoms with Crippen LogP contribution in [0.25, 0.3) is 0 Å². The zero-order valence-corrected chi connectivity index (χ0v) is 9.73. The van der Waals surface area contributed by atoms with Crippen LogP contribution in [0.15, 0.2) is 0 Å². The minimum absolute atomic E-state index is 0.0975. The number of hydrogen-bond acceptors (Lipinski definition) is 3. The van der Waals surface area contributed by atoms with Gasteiger partial charge in [0.2, 0.25) is 0 Å². The summed E-state index contributed by atoms with van der Waals surface area (Å²) >= 11 is 0.